The Balaban J connectivity index is 2.37. The maximum Gasteiger partial charge on any atom is 0.308 e. The van der Waals surface area contributed by atoms with Crippen LogP contribution in [0, 0.1) is 0 Å². The van der Waals surface area contributed by atoms with Crippen molar-refractivity contribution in [2.24, 2.45) is 0 Å². The molecule has 0 aliphatic carbocycles. The van der Waals surface area contributed by atoms with Crippen LogP contribution in [0.5, 0.6) is 5.75 Å². The molecule has 1 amide bonds. The zero-order valence-corrected chi connectivity index (χ0v) is 21.3. The minimum atomic E-state index is -3.70. The van der Waals surface area contributed by atoms with Gasteiger partial charge in [-0.3, -0.25) is 4.79 Å². The molecule has 1 aromatic heterocycles. The fourth-order valence-electron chi connectivity index (χ4n) is 3.22. The van der Waals surface area contributed by atoms with Crippen molar-refractivity contribution in [1.82, 2.24) is 9.80 Å². The van der Waals surface area contributed by atoms with Crippen molar-refractivity contribution in [3.05, 3.63) is 46.2 Å². The van der Waals surface area contributed by atoms with Crippen molar-refractivity contribution in [3.8, 4) is 5.75 Å². The Bertz CT molecular complexity index is 956. The lowest BCUT2D eigenvalue weighted by Gasteiger charge is -2.27. The van der Waals surface area contributed by atoms with Gasteiger partial charge in [0.2, 0.25) is 5.91 Å². The maximum atomic E-state index is 13.1. The van der Waals surface area contributed by atoms with Gasteiger partial charge in [0.05, 0.1) is 12.2 Å². The molecular weight excluding hydrogens is 446 g/mol. The molecule has 0 radical (unpaired) electrons. The van der Waals surface area contributed by atoms with Gasteiger partial charge in [-0.1, -0.05) is 12.1 Å². The molecule has 0 unspecified atom stereocenters. The van der Waals surface area contributed by atoms with Crippen LogP contribution in [0.25, 0.3) is 0 Å². The van der Waals surface area contributed by atoms with Crippen LogP contribution in [-0.2, 0) is 27.9 Å². The summed E-state index contributed by atoms with van der Waals surface area (Å²) < 4.78 is 30.0. The van der Waals surface area contributed by atoms with Crippen molar-refractivity contribution in [2.45, 2.75) is 33.7 Å². The summed E-state index contributed by atoms with van der Waals surface area (Å²) in [6, 6.07) is 9.49. The Morgan fingerprint density at radius 3 is 2.34 bits per heavy atom. The number of hydrogen-bond acceptors (Lipinski definition) is 7. The van der Waals surface area contributed by atoms with Gasteiger partial charge in [-0.05, 0) is 52.4 Å². The standard InChI is InChI=1S/C23H35N3O4S2/c1-6-25(7-2)20-12-11-19(22(16-20)30-32(28,29)8-3)18-26(14-13-24(4)5)23(27)17-21-10-9-15-31-21/h9-12,15-16H,6-8,13-14,17-18H2,1-5H3. The third-order valence-electron chi connectivity index (χ3n) is 5.19. The summed E-state index contributed by atoms with van der Waals surface area (Å²) in [5.41, 5.74) is 1.57. The van der Waals surface area contributed by atoms with E-state index in [1.807, 2.05) is 62.5 Å². The Morgan fingerprint density at radius 2 is 1.78 bits per heavy atom. The van der Waals surface area contributed by atoms with Crippen LogP contribution in [0.4, 0.5) is 5.69 Å². The molecule has 7 nitrogen and oxygen atoms in total. The molecule has 9 heteroatoms. The highest BCUT2D eigenvalue weighted by Gasteiger charge is 2.21. The minimum Gasteiger partial charge on any atom is -0.382 e. The number of hydrogen-bond donors (Lipinski definition) is 0. The summed E-state index contributed by atoms with van der Waals surface area (Å²) in [6.07, 6.45) is 0.325. The Labute approximate surface area is 196 Å². The second-order valence-electron chi connectivity index (χ2n) is 7.77. The number of likely N-dealkylation sites (N-methyl/N-ethyl adjacent to an activating group) is 1. The van der Waals surface area contributed by atoms with Gasteiger partial charge in [-0.25, -0.2) is 0 Å². The molecule has 0 saturated heterocycles. The van der Waals surface area contributed by atoms with Crippen molar-refractivity contribution < 1.29 is 17.4 Å². The first-order valence-electron chi connectivity index (χ1n) is 10.9. The van der Waals surface area contributed by atoms with Crippen molar-refractivity contribution >= 4 is 33.0 Å². The van der Waals surface area contributed by atoms with Crippen LogP contribution in [-0.4, -0.2) is 70.2 Å². The number of anilines is 1. The molecule has 0 spiro atoms. The van der Waals surface area contributed by atoms with E-state index in [-0.39, 0.29) is 24.0 Å². The summed E-state index contributed by atoms with van der Waals surface area (Å²) in [5.74, 6) is 0.172. The van der Waals surface area contributed by atoms with Crippen LogP contribution < -0.4 is 9.08 Å². The summed E-state index contributed by atoms with van der Waals surface area (Å²) in [5, 5.41) is 1.96. The monoisotopic (exact) mass is 481 g/mol. The zero-order chi connectivity index (χ0) is 23.7. The molecule has 1 heterocycles. The van der Waals surface area contributed by atoms with Gasteiger partial charge < -0.3 is 18.9 Å². The maximum absolute atomic E-state index is 13.1. The van der Waals surface area contributed by atoms with Crippen molar-refractivity contribution in [3.63, 3.8) is 0 Å². The van der Waals surface area contributed by atoms with E-state index in [0.29, 0.717) is 25.1 Å². The van der Waals surface area contributed by atoms with E-state index < -0.39 is 10.1 Å². The number of thiophene rings is 1. The van der Waals surface area contributed by atoms with Gasteiger partial charge in [-0.15, -0.1) is 11.3 Å². The Kier molecular flexibility index (Phi) is 9.99. The van der Waals surface area contributed by atoms with E-state index >= 15 is 0 Å². The van der Waals surface area contributed by atoms with Gasteiger partial charge in [0, 0.05) is 54.9 Å². The van der Waals surface area contributed by atoms with E-state index in [0.717, 1.165) is 23.7 Å². The molecule has 0 bridgehead atoms. The van der Waals surface area contributed by atoms with Crippen molar-refractivity contribution in [1.29, 1.82) is 0 Å². The molecular formula is C23H35N3O4S2. The number of carbonyl (C=O) groups excluding carboxylic acids is 1. The highest BCUT2D eigenvalue weighted by atomic mass is 32.2. The summed E-state index contributed by atoms with van der Waals surface area (Å²) in [4.78, 5) is 20.0. The second kappa shape index (κ2) is 12.2. The number of carbonyl (C=O) groups is 1. The lowest BCUT2D eigenvalue weighted by molar-refractivity contribution is -0.131. The summed E-state index contributed by atoms with van der Waals surface area (Å²) in [7, 11) is 0.221. The lowest BCUT2D eigenvalue weighted by atomic mass is 10.1. The molecule has 2 rings (SSSR count). The van der Waals surface area contributed by atoms with E-state index in [2.05, 4.69) is 4.90 Å². The summed E-state index contributed by atoms with van der Waals surface area (Å²) >= 11 is 1.56. The van der Waals surface area contributed by atoms with E-state index in [1.165, 1.54) is 0 Å². The number of nitrogens with zero attached hydrogens (tertiary/aromatic N) is 3. The highest BCUT2D eigenvalue weighted by molar-refractivity contribution is 7.87. The normalized spacial score (nSPS) is 11.6. The number of benzene rings is 1. The van der Waals surface area contributed by atoms with Gasteiger partial charge in [0.25, 0.3) is 0 Å². The van der Waals surface area contributed by atoms with E-state index in [9.17, 15) is 13.2 Å². The molecule has 1 aromatic carbocycles. The molecule has 32 heavy (non-hydrogen) atoms. The zero-order valence-electron chi connectivity index (χ0n) is 19.7. The van der Waals surface area contributed by atoms with E-state index in [4.69, 9.17) is 4.18 Å². The van der Waals surface area contributed by atoms with Crippen molar-refractivity contribution in [2.75, 3.05) is 50.9 Å². The number of amides is 1. The first kappa shape index (κ1) is 26.2. The number of rotatable bonds is 13. The fourth-order valence-corrected chi connectivity index (χ4v) is 4.47. The molecule has 0 aliphatic rings. The van der Waals surface area contributed by atoms with Gasteiger partial charge >= 0.3 is 10.1 Å². The quantitative estimate of drug-likeness (QED) is 0.408. The lowest BCUT2D eigenvalue weighted by Crippen LogP contribution is -2.37. The smallest absolute Gasteiger partial charge is 0.308 e. The third-order valence-corrected chi connectivity index (χ3v) is 7.20. The van der Waals surface area contributed by atoms with Crippen LogP contribution in [0.15, 0.2) is 35.7 Å². The Morgan fingerprint density at radius 1 is 1.06 bits per heavy atom. The predicted molar refractivity (Wildman–Crippen MR) is 132 cm³/mol. The van der Waals surface area contributed by atoms with Gasteiger partial charge in [0.1, 0.15) is 5.75 Å². The first-order chi connectivity index (χ1) is 15.2. The molecule has 0 aliphatic heterocycles. The average molecular weight is 482 g/mol. The second-order valence-corrected chi connectivity index (χ2v) is 10.7. The van der Waals surface area contributed by atoms with Gasteiger partial charge in [0.15, 0.2) is 0 Å². The van der Waals surface area contributed by atoms with Crippen LogP contribution in [0.2, 0.25) is 0 Å². The molecule has 0 N–H and O–H groups in total. The van der Waals surface area contributed by atoms with Crippen LogP contribution >= 0.6 is 11.3 Å². The largest absolute Gasteiger partial charge is 0.382 e. The molecule has 178 valence electrons. The van der Waals surface area contributed by atoms with Crippen LogP contribution in [0.1, 0.15) is 31.2 Å². The third kappa shape index (κ3) is 7.79. The molecule has 0 atom stereocenters. The first-order valence-corrected chi connectivity index (χ1v) is 13.4. The highest BCUT2D eigenvalue weighted by Crippen LogP contribution is 2.29. The average Bonchev–Trinajstić information content (AvgIpc) is 3.25. The van der Waals surface area contributed by atoms with Crippen LogP contribution in [0.3, 0.4) is 0 Å². The van der Waals surface area contributed by atoms with Gasteiger partial charge in [-0.2, -0.15) is 8.42 Å². The molecule has 0 saturated carbocycles. The molecule has 2 aromatic rings. The Hall–Kier alpha value is -2.10. The predicted octanol–water partition coefficient (Wildman–Crippen LogP) is 3.46. The molecule has 0 fully saturated rings. The topological polar surface area (TPSA) is 70.2 Å². The van der Waals surface area contributed by atoms with E-state index in [1.54, 1.807) is 29.2 Å². The summed E-state index contributed by atoms with van der Waals surface area (Å²) in [6.45, 7) is 8.77. The minimum absolute atomic E-state index is 0.00594. The SMILES string of the molecule is CCN(CC)c1ccc(CN(CCN(C)C)C(=O)Cc2cccs2)c(OS(=O)(=O)CC)c1. The fraction of sp³-hybridized carbons (Fsp3) is 0.522.